The van der Waals surface area contributed by atoms with Crippen molar-refractivity contribution >= 4 is 22.2 Å². The maximum Gasteiger partial charge on any atom is 0.120 e. The summed E-state index contributed by atoms with van der Waals surface area (Å²) in [6.07, 6.45) is 4.12. The summed E-state index contributed by atoms with van der Waals surface area (Å²) in [5.74, 6) is 1.29. The van der Waals surface area contributed by atoms with Crippen LogP contribution in [-0.4, -0.2) is 6.29 Å². The number of rotatable bonds is 3. The number of benzene rings is 1. The van der Waals surface area contributed by atoms with Gasteiger partial charge in [-0.15, -0.1) is 0 Å². The predicted molar refractivity (Wildman–Crippen MR) is 60.3 cm³/mol. The molecule has 1 aliphatic rings. The minimum absolute atomic E-state index is 0.629. The van der Waals surface area contributed by atoms with Crippen molar-refractivity contribution in [3.63, 3.8) is 0 Å². The van der Waals surface area contributed by atoms with Crippen LogP contribution >= 0.6 is 15.9 Å². The number of carbonyl (C=O) groups is 1. The van der Waals surface area contributed by atoms with Crippen LogP contribution < -0.4 is 0 Å². The lowest BCUT2D eigenvalue weighted by Crippen LogP contribution is -2.22. The fraction of sp³-hybridized carbons (Fsp3) is 0.417. The molecule has 1 nitrogen and oxygen atoms in total. The molecule has 1 aliphatic carbocycles. The molecule has 0 N–H and O–H groups in total. The third-order valence-electron chi connectivity index (χ3n) is 3.01. The molecule has 1 fully saturated rings. The van der Waals surface area contributed by atoms with Crippen molar-refractivity contribution in [3.8, 4) is 0 Å². The van der Waals surface area contributed by atoms with Crippen LogP contribution in [0.4, 0.5) is 0 Å². The fourth-order valence-electron chi connectivity index (χ4n) is 2.12. The van der Waals surface area contributed by atoms with Crippen LogP contribution in [0.1, 0.15) is 30.7 Å². The smallest absolute Gasteiger partial charge is 0.120 e. The van der Waals surface area contributed by atoms with Crippen molar-refractivity contribution in [3.05, 3.63) is 34.3 Å². The van der Waals surface area contributed by atoms with Crippen molar-refractivity contribution in [1.82, 2.24) is 0 Å². The Kier molecular flexibility index (Phi) is 3.02. The Morgan fingerprint density at radius 1 is 1.36 bits per heavy atom. The van der Waals surface area contributed by atoms with Crippen molar-refractivity contribution in [2.45, 2.75) is 25.2 Å². The van der Waals surface area contributed by atoms with Crippen LogP contribution in [0, 0.1) is 5.92 Å². The molecule has 1 saturated carbocycles. The Morgan fingerprint density at radius 2 is 2.07 bits per heavy atom. The molecule has 0 saturated heterocycles. The molecule has 0 heterocycles. The minimum Gasteiger partial charge on any atom is -0.303 e. The first-order valence-electron chi connectivity index (χ1n) is 4.99. The van der Waals surface area contributed by atoms with E-state index in [0.717, 1.165) is 12.7 Å². The Bertz CT molecular complexity index is 329. The van der Waals surface area contributed by atoms with Crippen molar-refractivity contribution in [2.75, 3.05) is 0 Å². The molecular formula is C12H13BrO. The Morgan fingerprint density at radius 3 is 2.71 bits per heavy atom. The average molecular weight is 253 g/mol. The van der Waals surface area contributed by atoms with E-state index in [4.69, 9.17) is 0 Å². The van der Waals surface area contributed by atoms with Gasteiger partial charge in [0.15, 0.2) is 0 Å². The monoisotopic (exact) mass is 252 g/mol. The van der Waals surface area contributed by atoms with Crippen molar-refractivity contribution in [2.24, 2.45) is 5.92 Å². The Labute approximate surface area is 92.6 Å². The van der Waals surface area contributed by atoms with Gasteiger partial charge in [-0.25, -0.2) is 0 Å². The zero-order chi connectivity index (χ0) is 9.97. The lowest BCUT2D eigenvalue weighted by atomic mass is 9.70. The van der Waals surface area contributed by atoms with Crippen molar-refractivity contribution < 1.29 is 4.79 Å². The highest BCUT2D eigenvalue weighted by Gasteiger charge is 2.30. The lowest BCUT2D eigenvalue weighted by molar-refractivity contribution is -0.109. The maximum atomic E-state index is 10.3. The molecule has 1 aromatic rings. The Hall–Kier alpha value is -0.630. The molecule has 0 spiro atoms. The number of halogens is 1. The number of hydrogen-bond donors (Lipinski definition) is 0. The van der Waals surface area contributed by atoms with Gasteiger partial charge >= 0.3 is 0 Å². The van der Waals surface area contributed by atoms with Gasteiger partial charge < -0.3 is 4.79 Å². The van der Waals surface area contributed by atoms with Crippen LogP contribution in [0.15, 0.2) is 28.7 Å². The predicted octanol–water partition coefficient (Wildman–Crippen LogP) is 3.53. The van der Waals surface area contributed by atoms with Crippen LogP contribution in [-0.2, 0) is 4.79 Å². The highest BCUT2D eigenvalue weighted by atomic mass is 79.9. The van der Waals surface area contributed by atoms with Crippen molar-refractivity contribution in [1.29, 1.82) is 0 Å². The SMILES string of the molecule is O=CCC1CC(c2ccccc2Br)C1. The third-order valence-corrected chi connectivity index (χ3v) is 3.73. The summed E-state index contributed by atoms with van der Waals surface area (Å²) < 4.78 is 1.20. The van der Waals surface area contributed by atoms with E-state index < -0.39 is 0 Å². The van der Waals surface area contributed by atoms with E-state index in [1.165, 1.54) is 22.9 Å². The summed E-state index contributed by atoms with van der Waals surface area (Å²) in [7, 11) is 0. The number of carbonyl (C=O) groups excluding carboxylic acids is 1. The number of hydrogen-bond acceptors (Lipinski definition) is 1. The zero-order valence-corrected chi connectivity index (χ0v) is 9.53. The molecule has 2 heteroatoms. The van der Waals surface area contributed by atoms with E-state index in [1.807, 2.05) is 6.07 Å². The van der Waals surface area contributed by atoms with Gasteiger partial charge in [0.05, 0.1) is 0 Å². The normalized spacial score (nSPS) is 25.5. The summed E-state index contributed by atoms with van der Waals surface area (Å²) in [4.78, 5) is 10.3. The summed E-state index contributed by atoms with van der Waals surface area (Å²) >= 11 is 3.56. The van der Waals surface area contributed by atoms with Crippen LogP contribution in [0.3, 0.4) is 0 Å². The third kappa shape index (κ3) is 1.90. The second-order valence-corrected chi connectivity index (χ2v) is 4.81. The molecule has 1 aromatic carbocycles. The first kappa shape index (κ1) is 9.91. The van der Waals surface area contributed by atoms with E-state index >= 15 is 0 Å². The van der Waals surface area contributed by atoms with E-state index in [2.05, 4.69) is 34.1 Å². The summed E-state index contributed by atoms with van der Waals surface area (Å²) in [6.45, 7) is 0. The second-order valence-electron chi connectivity index (χ2n) is 3.96. The van der Waals surface area contributed by atoms with Gasteiger partial charge in [-0.05, 0) is 36.3 Å². The van der Waals surface area contributed by atoms with Crippen LogP contribution in [0.5, 0.6) is 0 Å². The quantitative estimate of drug-likeness (QED) is 0.753. The van der Waals surface area contributed by atoms with Gasteiger partial charge in [0.1, 0.15) is 6.29 Å². The first-order valence-corrected chi connectivity index (χ1v) is 5.78. The largest absolute Gasteiger partial charge is 0.303 e. The molecular weight excluding hydrogens is 240 g/mol. The molecule has 14 heavy (non-hydrogen) atoms. The molecule has 0 aliphatic heterocycles. The topological polar surface area (TPSA) is 17.1 Å². The zero-order valence-electron chi connectivity index (χ0n) is 7.95. The lowest BCUT2D eigenvalue weighted by Gasteiger charge is -2.35. The van der Waals surface area contributed by atoms with Gasteiger partial charge in [-0.2, -0.15) is 0 Å². The van der Waals surface area contributed by atoms with Gasteiger partial charge in [-0.1, -0.05) is 34.1 Å². The van der Waals surface area contributed by atoms with E-state index in [1.54, 1.807) is 0 Å². The standard InChI is InChI=1S/C12H13BrO/c13-12-4-2-1-3-11(12)10-7-9(8-10)5-6-14/h1-4,6,9-10H,5,7-8H2. The van der Waals surface area contributed by atoms with Gasteiger partial charge in [0.25, 0.3) is 0 Å². The molecule has 0 unspecified atom stereocenters. The van der Waals surface area contributed by atoms with Gasteiger partial charge in [0.2, 0.25) is 0 Å². The summed E-state index contributed by atoms with van der Waals surface area (Å²) in [5.41, 5.74) is 1.40. The summed E-state index contributed by atoms with van der Waals surface area (Å²) in [5, 5.41) is 0. The average Bonchev–Trinajstić information content (AvgIpc) is 2.12. The van der Waals surface area contributed by atoms with Gasteiger partial charge in [0, 0.05) is 10.9 Å². The molecule has 0 bridgehead atoms. The minimum atomic E-state index is 0.629. The van der Waals surface area contributed by atoms with E-state index in [9.17, 15) is 4.79 Å². The first-order chi connectivity index (χ1) is 6.81. The van der Waals surface area contributed by atoms with Gasteiger partial charge in [-0.3, -0.25) is 0 Å². The van der Waals surface area contributed by atoms with E-state index in [-0.39, 0.29) is 0 Å². The highest BCUT2D eigenvalue weighted by molar-refractivity contribution is 9.10. The summed E-state index contributed by atoms with van der Waals surface area (Å²) in [6, 6.07) is 8.37. The number of aldehydes is 1. The molecule has 0 amide bonds. The van der Waals surface area contributed by atoms with Crippen LogP contribution in [0.2, 0.25) is 0 Å². The highest BCUT2D eigenvalue weighted by Crippen LogP contribution is 2.44. The van der Waals surface area contributed by atoms with E-state index in [0.29, 0.717) is 11.8 Å². The fourth-order valence-corrected chi connectivity index (χ4v) is 2.73. The Balaban J connectivity index is 1.99. The second kappa shape index (κ2) is 4.26. The molecule has 74 valence electrons. The molecule has 2 rings (SSSR count). The maximum absolute atomic E-state index is 10.3. The molecule has 0 aromatic heterocycles. The van der Waals surface area contributed by atoms with Crippen LogP contribution in [0.25, 0.3) is 0 Å². The molecule has 0 radical (unpaired) electrons. The molecule has 0 atom stereocenters.